The van der Waals surface area contributed by atoms with Crippen molar-refractivity contribution in [2.24, 2.45) is 0 Å². The van der Waals surface area contributed by atoms with Gasteiger partial charge in [-0.25, -0.2) is 14.8 Å². The zero-order valence-corrected chi connectivity index (χ0v) is 15.4. The molecule has 1 amide bonds. The number of carbonyl (C=O) groups is 1. The zero-order chi connectivity index (χ0) is 19.2. The summed E-state index contributed by atoms with van der Waals surface area (Å²) in [7, 11) is 0. The average molecular weight is 371 g/mol. The normalized spacial score (nSPS) is 12.6. The summed E-state index contributed by atoms with van der Waals surface area (Å²) in [5.74, 6) is 0.733. The monoisotopic (exact) mass is 371 g/mol. The van der Waals surface area contributed by atoms with Crippen LogP contribution in [-0.2, 0) is 4.74 Å². The van der Waals surface area contributed by atoms with E-state index in [4.69, 9.17) is 4.74 Å². The highest BCUT2D eigenvalue weighted by molar-refractivity contribution is 5.79. The third kappa shape index (κ3) is 3.93. The molecule has 4 rings (SSSR count). The van der Waals surface area contributed by atoms with Gasteiger partial charge in [0.25, 0.3) is 0 Å². The number of aromatic nitrogens is 2. The second-order valence-corrected chi connectivity index (χ2v) is 6.55. The first-order valence-corrected chi connectivity index (χ1v) is 9.35. The van der Waals surface area contributed by atoms with Gasteiger partial charge in [-0.15, -0.1) is 0 Å². The largest absolute Gasteiger partial charge is 0.449 e. The molecular formula is C23H21N3O2. The molecule has 0 radical (unpaired) electrons. The Hall–Kier alpha value is -3.47. The van der Waals surface area contributed by atoms with Crippen molar-refractivity contribution in [2.75, 3.05) is 13.2 Å². The van der Waals surface area contributed by atoms with Crippen molar-refractivity contribution in [1.82, 2.24) is 15.3 Å². The van der Waals surface area contributed by atoms with E-state index in [1.165, 1.54) is 22.3 Å². The lowest BCUT2D eigenvalue weighted by Gasteiger charge is -2.14. The molecule has 3 aromatic rings. The van der Waals surface area contributed by atoms with E-state index in [0.29, 0.717) is 25.4 Å². The lowest BCUT2D eigenvalue weighted by atomic mass is 9.98. The second kappa shape index (κ2) is 8.48. The number of rotatable bonds is 6. The Balaban J connectivity index is 1.29. The van der Waals surface area contributed by atoms with E-state index in [9.17, 15) is 4.79 Å². The Morgan fingerprint density at radius 2 is 1.61 bits per heavy atom. The van der Waals surface area contributed by atoms with Gasteiger partial charge in [0.1, 0.15) is 6.61 Å². The number of hydrogen-bond donors (Lipinski definition) is 1. The van der Waals surface area contributed by atoms with Crippen LogP contribution in [0.5, 0.6) is 0 Å². The molecule has 0 aliphatic heterocycles. The molecule has 2 aromatic carbocycles. The smallest absolute Gasteiger partial charge is 0.407 e. The minimum Gasteiger partial charge on any atom is -0.449 e. The van der Waals surface area contributed by atoms with E-state index in [1.807, 2.05) is 36.4 Å². The Kier molecular flexibility index (Phi) is 5.43. The van der Waals surface area contributed by atoms with Gasteiger partial charge in [0.15, 0.2) is 5.82 Å². The van der Waals surface area contributed by atoms with Gasteiger partial charge in [-0.1, -0.05) is 54.6 Å². The minimum atomic E-state index is -0.397. The first-order chi connectivity index (χ1) is 13.8. The molecule has 1 aliphatic carbocycles. The van der Waals surface area contributed by atoms with Crippen LogP contribution < -0.4 is 5.32 Å². The number of nitrogens with one attached hydrogen (secondary N) is 1. The van der Waals surface area contributed by atoms with Gasteiger partial charge in [0.05, 0.1) is 0 Å². The fourth-order valence-corrected chi connectivity index (χ4v) is 3.49. The van der Waals surface area contributed by atoms with E-state index in [2.05, 4.69) is 39.6 Å². The number of fused-ring (bicyclic) bond motifs is 3. The lowest BCUT2D eigenvalue weighted by Crippen LogP contribution is -2.26. The maximum atomic E-state index is 12.1. The van der Waals surface area contributed by atoms with Crippen LogP contribution >= 0.6 is 0 Å². The molecule has 5 nitrogen and oxygen atoms in total. The maximum Gasteiger partial charge on any atom is 0.407 e. The van der Waals surface area contributed by atoms with Crippen LogP contribution in [0.1, 0.15) is 29.3 Å². The minimum absolute atomic E-state index is 0.0771. The molecule has 28 heavy (non-hydrogen) atoms. The number of carbonyl (C=O) groups excluding carboxylic acids is 1. The molecule has 0 spiro atoms. The van der Waals surface area contributed by atoms with Crippen molar-refractivity contribution in [3.8, 4) is 11.1 Å². The summed E-state index contributed by atoms with van der Waals surface area (Å²) in [6, 6.07) is 18.4. The van der Waals surface area contributed by atoms with E-state index < -0.39 is 6.09 Å². The van der Waals surface area contributed by atoms with Crippen LogP contribution in [0.15, 0.2) is 73.1 Å². The number of ether oxygens (including phenoxy) is 1. The van der Waals surface area contributed by atoms with Crippen LogP contribution in [0.2, 0.25) is 0 Å². The molecule has 0 bridgehead atoms. The summed E-state index contributed by atoms with van der Waals surface area (Å²) < 4.78 is 5.51. The number of amides is 1. The Bertz CT molecular complexity index is 940. The highest BCUT2D eigenvalue weighted by Gasteiger charge is 2.28. The lowest BCUT2D eigenvalue weighted by molar-refractivity contribution is 0.143. The van der Waals surface area contributed by atoms with Crippen molar-refractivity contribution >= 4 is 12.2 Å². The third-order valence-electron chi connectivity index (χ3n) is 4.78. The Labute approximate surface area is 164 Å². The van der Waals surface area contributed by atoms with Crippen molar-refractivity contribution in [3.63, 3.8) is 0 Å². The van der Waals surface area contributed by atoms with Gasteiger partial charge in [0, 0.05) is 24.9 Å². The van der Waals surface area contributed by atoms with Gasteiger partial charge in [-0.05, 0) is 40.8 Å². The van der Waals surface area contributed by atoms with Crippen LogP contribution in [-0.4, -0.2) is 29.2 Å². The van der Waals surface area contributed by atoms with E-state index in [1.54, 1.807) is 18.5 Å². The van der Waals surface area contributed by atoms with Crippen molar-refractivity contribution in [3.05, 3.63) is 90.0 Å². The van der Waals surface area contributed by atoms with Crippen LogP contribution in [0.4, 0.5) is 4.79 Å². The molecule has 0 fully saturated rings. The van der Waals surface area contributed by atoms with E-state index >= 15 is 0 Å². The van der Waals surface area contributed by atoms with Gasteiger partial charge in [0.2, 0.25) is 0 Å². The van der Waals surface area contributed by atoms with Crippen LogP contribution in [0, 0.1) is 0 Å². The predicted octanol–water partition coefficient (Wildman–Crippen LogP) is 4.42. The second-order valence-electron chi connectivity index (χ2n) is 6.55. The molecule has 140 valence electrons. The molecular weight excluding hydrogens is 350 g/mol. The molecule has 1 aromatic heterocycles. The highest BCUT2D eigenvalue weighted by Crippen LogP contribution is 2.44. The summed E-state index contributed by atoms with van der Waals surface area (Å²) in [6.07, 6.45) is 7.44. The van der Waals surface area contributed by atoms with Gasteiger partial charge >= 0.3 is 6.09 Å². The molecule has 0 unspecified atom stereocenters. The SMILES string of the molecule is O=C(NCCC=Cc1ncccn1)OCC1c2ccccc2-c2ccccc21. The number of alkyl carbamates (subject to hydrolysis) is 1. The molecule has 1 N–H and O–H groups in total. The van der Waals surface area contributed by atoms with Crippen LogP contribution in [0.25, 0.3) is 17.2 Å². The summed E-state index contributed by atoms with van der Waals surface area (Å²) in [4.78, 5) is 20.3. The van der Waals surface area contributed by atoms with Gasteiger partial charge in [-0.2, -0.15) is 0 Å². The van der Waals surface area contributed by atoms with Gasteiger partial charge in [-0.3, -0.25) is 0 Å². The predicted molar refractivity (Wildman–Crippen MR) is 109 cm³/mol. The standard InChI is InChI=1S/C23H21N3O2/c27-23(26-13-6-5-12-22-24-14-7-15-25-22)28-16-21-19-10-3-1-8-17(19)18-9-2-4-11-20(18)21/h1-5,7-12,14-15,21H,6,13,16H2,(H,26,27). The topological polar surface area (TPSA) is 64.1 Å². The highest BCUT2D eigenvalue weighted by atomic mass is 16.5. The fourth-order valence-electron chi connectivity index (χ4n) is 3.49. The summed E-state index contributed by atoms with van der Waals surface area (Å²) in [5, 5.41) is 2.79. The quantitative estimate of drug-likeness (QED) is 0.652. The molecule has 0 saturated carbocycles. The molecule has 0 atom stereocenters. The Morgan fingerprint density at radius 1 is 0.964 bits per heavy atom. The number of hydrogen-bond acceptors (Lipinski definition) is 4. The molecule has 1 heterocycles. The van der Waals surface area contributed by atoms with Crippen LogP contribution in [0.3, 0.4) is 0 Å². The zero-order valence-electron chi connectivity index (χ0n) is 15.4. The van der Waals surface area contributed by atoms with Gasteiger partial charge < -0.3 is 10.1 Å². The third-order valence-corrected chi connectivity index (χ3v) is 4.78. The summed E-state index contributed by atoms with van der Waals surface area (Å²) in [6.45, 7) is 0.827. The molecule has 1 aliphatic rings. The number of nitrogens with zero attached hydrogens (tertiary/aromatic N) is 2. The number of benzene rings is 2. The molecule has 5 heteroatoms. The fraction of sp³-hybridized carbons (Fsp3) is 0.174. The van der Waals surface area contributed by atoms with Crippen molar-refractivity contribution in [2.45, 2.75) is 12.3 Å². The summed E-state index contributed by atoms with van der Waals surface area (Å²) >= 11 is 0. The van der Waals surface area contributed by atoms with E-state index in [-0.39, 0.29) is 5.92 Å². The average Bonchev–Trinajstić information content (AvgIpc) is 3.07. The van der Waals surface area contributed by atoms with Crippen molar-refractivity contribution < 1.29 is 9.53 Å². The van der Waals surface area contributed by atoms with E-state index in [0.717, 1.165) is 0 Å². The summed E-state index contributed by atoms with van der Waals surface area (Å²) in [5.41, 5.74) is 4.87. The molecule has 0 saturated heterocycles. The Morgan fingerprint density at radius 3 is 2.29 bits per heavy atom. The van der Waals surface area contributed by atoms with Crippen molar-refractivity contribution in [1.29, 1.82) is 0 Å². The first kappa shape index (κ1) is 17.9. The maximum absolute atomic E-state index is 12.1. The first-order valence-electron chi connectivity index (χ1n) is 9.35.